The molecule has 0 aromatic carbocycles. The largest absolute Gasteiger partial charge is 0.310 e. The summed E-state index contributed by atoms with van der Waals surface area (Å²) in [5.41, 5.74) is 0. The minimum absolute atomic E-state index is 0.667. The molecule has 2 nitrogen and oxygen atoms in total. The maximum Gasteiger partial charge on any atom is 0.0169 e. The summed E-state index contributed by atoms with van der Waals surface area (Å²) in [4.78, 5) is 2.77. The van der Waals surface area contributed by atoms with Crippen LogP contribution in [0.5, 0.6) is 0 Å². The summed E-state index contributed by atoms with van der Waals surface area (Å²) in [5.74, 6) is 0. The Balaban J connectivity index is 1.90. The van der Waals surface area contributed by atoms with Crippen molar-refractivity contribution in [1.29, 1.82) is 0 Å². The first kappa shape index (κ1) is 12.4. The van der Waals surface area contributed by atoms with Crippen molar-refractivity contribution in [2.45, 2.75) is 76.9 Å². The SMILES string of the molecule is CC1CCN(C2CCCCCC2)CC(C)N1. The summed E-state index contributed by atoms with van der Waals surface area (Å²) in [5, 5.41) is 3.68. The Morgan fingerprint density at radius 1 is 0.875 bits per heavy atom. The summed E-state index contributed by atoms with van der Waals surface area (Å²) in [7, 11) is 0. The van der Waals surface area contributed by atoms with Crippen molar-refractivity contribution in [3.8, 4) is 0 Å². The Morgan fingerprint density at radius 3 is 2.25 bits per heavy atom. The van der Waals surface area contributed by atoms with Crippen molar-refractivity contribution in [3.05, 3.63) is 0 Å². The van der Waals surface area contributed by atoms with Crippen molar-refractivity contribution in [1.82, 2.24) is 10.2 Å². The average molecular weight is 224 g/mol. The van der Waals surface area contributed by atoms with E-state index in [0.29, 0.717) is 12.1 Å². The van der Waals surface area contributed by atoms with E-state index < -0.39 is 0 Å². The zero-order valence-corrected chi connectivity index (χ0v) is 11.0. The molecular weight excluding hydrogens is 196 g/mol. The van der Waals surface area contributed by atoms with Gasteiger partial charge < -0.3 is 5.32 Å². The third kappa shape index (κ3) is 3.46. The van der Waals surface area contributed by atoms with Gasteiger partial charge in [-0.3, -0.25) is 4.90 Å². The molecule has 1 aliphatic carbocycles. The molecule has 0 radical (unpaired) electrons. The molecule has 2 unspecified atom stereocenters. The van der Waals surface area contributed by atoms with Gasteiger partial charge in [0.15, 0.2) is 0 Å². The van der Waals surface area contributed by atoms with Crippen molar-refractivity contribution in [2.75, 3.05) is 13.1 Å². The van der Waals surface area contributed by atoms with Crippen LogP contribution in [0.25, 0.3) is 0 Å². The van der Waals surface area contributed by atoms with E-state index >= 15 is 0 Å². The van der Waals surface area contributed by atoms with Crippen molar-refractivity contribution >= 4 is 0 Å². The minimum Gasteiger partial charge on any atom is -0.310 e. The van der Waals surface area contributed by atoms with Crippen LogP contribution in [0.2, 0.25) is 0 Å². The predicted octanol–water partition coefficient (Wildman–Crippen LogP) is 2.78. The van der Waals surface area contributed by atoms with Gasteiger partial charge in [-0.1, -0.05) is 25.7 Å². The predicted molar refractivity (Wildman–Crippen MR) is 69.7 cm³/mol. The van der Waals surface area contributed by atoms with Gasteiger partial charge in [-0.05, 0) is 39.7 Å². The van der Waals surface area contributed by atoms with Crippen molar-refractivity contribution in [2.24, 2.45) is 0 Å². The Labute approximate surface area is 101 Å². The quantitative estimate of drug-likeness (QED) is 0.689. The molecule has 0 spiro atoms. The van der Waals surface area contributed by atoms with E-state index in [1.54, 1.807) is 0 Å². The Bertz CT molecular complexity index is 197. The van der Waals surface area contributed by atoms with E-state index in [-0.39, 0.29) is 0 Å². The summed E-state index contributed by atoms with van der Waals surface area (Å²) in [6.07, 6.45) is 10.1. The third-order valence-corrected chi connectivity index (χ3v) is 4.27. The highest BCUT2D eigenvalue weighted by atomic mass is 15.2. The van der Waals surface area contributed by atoms with Gasteiger partial charge >= 0.3 is 0 Å². The number of hydrogen-bond acceptors (Lipinski definition) is 2. The first-order valence-corrected chi connectivity index (χ1v) is 7.26. The van der Waals surface area contributed by atoms with Gasteiger partial charge in [0.1, 0.15) is 0 Å². The van der Waals surface area contributed by atoms with Crippen LogP contribution in [0.15, 0.2) is 0 Å². The number of nitrogens with one attached hydrogen (secondary N) is 1. The van der Waals surface area contributed by atoms with Crippen LogP contribution >= 0.6 is 0 Å². The normalized spacial score (nSPS) is 35.6. The van der Waals surface area contributed by atoms with E-state index in [9.17, 15) is 0 Å². The van der Waals surface area contributed by atoms with E-state index in [0.717, 1.165) is 6.04 Å². The monoisotopic (exact) mass is 224 g/mol. The van der Waals surface area contributed by atoms with E-state index in [4.69, 9.17) is 0 Å². The first-order chi connectivity index (χ1) is 7.75. The van der Waals surface area contributed by atoms with Crippen molar-refractivity contribution in [3.63, 3.8) is 0 Å². The summed E-state index contributed by atoms with van der Waals surface area (Å²) in [6, 6.07) is 2.25. The summed E-state index contributed by atoms with van der Waals surface area (Å²) >= 11 is 0. The van der Waals surface area contributed by atoms with Gasteiger partial charge in [-0.15, -0.1) is 0 Å². The fourth-order valence-corrected chi connectivity index (χ4v) is 3.38. The zero-order chi connectivity index (χ0) is 11.4. The topological polar surface area (TPSA) is 15.3 Å². The molecule has 16 heavy (non-hydrogen) atoms. The van der Waals surface area contributed by atoms with Gasteiger partial charge in [-0.2, -0.15) is 0 Å². The molecule has 2 fully saturated rings. The fraction of sp³-hybridized carbons (Fsp3) is 1.00. The Kier molecular flexibility index (Phi) is 4.66. The van der Waals surface area contributed by atoms with Crippen LogP contribution in [-0.2, 0) is 0 Å². The molecule has 1 saturated carbocycles. The fourth-order valence-electron chi connectivity index (χ4n) is 3.38. The molecule has 0 amide bonds. The molecule has 1 N–H and O–H groups in total. The average Bonchev–Trinajstić information content (AvgIpc) is 2.58. The molecule has 2 rings (SSSR count). The van der Waals surface area contributed by atoms with E-state index in [2.05, 4.69) is 24.1 Å². The van der Waals surface area contributed by atoms with Crippen LogP contribution < -0.4 is 5.32 Å². The lowest BCUT2D eigenvalue weighted by Crippen LogP contribution is -2.42. The van der Waals surface area contributed by atoms with Crippen LogP contribution in [-0.4, -0.2) is 36.1 Å². The smallest absolute Gasteiger partial charge is 0.0169 e. The molecule has 1 aliphatic heterocycles. The molecule has 0 aromatic heterocycles. The molecule has 0 aromatic rings. The second-order valence-electron chi connectivity index (χ2n) is 5.90. The van der Waals surface area contributed by atoms with Gasteiger partial charge in [-0.25, -0.2) is 0 Å². The van der Waals surface area contributed by atoms with Crippen LogP contribution in [0.4, 0.5) is 0 Å². The number of nitrogens with zero attached hydrogens (tertiary/aromatic N) is 1. The highest BCUT2D eigenvalue weighted by Gasteiger charge is 2.24. The number of hydrogen-bond donors (Lipinski definition) is 1. The first-order valence-electron chi connectivity index (χ1n) is 7.26. The molecule has 2 atom stereocenters. The van der Waals surface area contributed by atoms with Crippen LogP contribution in [0, 0.1) is 0 Å². The Morgan fingerprint density at radius 2 is 1.56 bits per heavy atom. The molecule has 1 saturated heterocycles. The van der Waals surface area contributed by atoms with Gasteiger partial charge in [0.2, 0.25) is 0 Å². The summed E-state index contributed by atoms with van der Waals surface area (Å²) in [6.45, 7) is 7.23. The van der Waals surface area contributed by atoms with Gasteiger partial charge in [0.25, 0.3) is 0 Å². The lowest BCUT2D eigenvalue weighted by Gasteiger charge is -2.31. The van der Waals surface area contributed by atoms with Crippen LogP contribution in [0.3, 0.4) is 0 Å². The van der Waals surface area contributed by atoms with Crippen molar-refractivity contribution < 1.29 is 0 Å². The second kappa shape index (κ2) is 6.02. The van der Waals surface area contributed by atoms with Crippen LogP contribution in [0.1, 0.15) is 58.8 Å². The highest BCUT2D eigenvalue weighted by Crippen LogP contribution is 2.23. The molecule has 0 bridgehead atoms. The zero-order valence-electron chi connectivity index (χ0n) is 11.0. The lowest BCUT2D eigenvalue weighted by molar-refractivity contribution is 0.178. The number of rotatable bonds is 1. The molecule has 2 heteroatoms. The lowest BCUT2D eigenvalue weighted by atomic mass is 10.1. The molecule has 94 valence electrons. The van der Waals surface area contributed by atoms with Gasteiger partial charge in [0.05, 0.1) is 0 Å². The molecule has 2 aliphatic rings. The summed E-state index contributed by atoms with van der Waals surface area (Å²) < 4.78 is 0. The van der Waals surface area contributed by atoms with E-state index in [1.165, 1.54) is 58.0 Å². The standard InChI is InChI=1S/C14H28N2/c1-12-9-10-16(11-13(2)15-12)14-7-5-3-4-6-8-14/h12-15H,3-11H2,1-2H3. The maximum absolute atomic E-state index is 3.68. The Hall–Kier alpha value is -0.0800. The van der Waals surface area contributed by atoms with Gasteiger partial charge in [0, 0.05) is 24.7 Å². The molecule has 1 heterocycles. The maximum atomic E-state index is 3.68. The highest BCUT2D eigenvalue weighted by molar-refractivity contribution is 4.83. The second-order valence-corrected chi connectivity index (χ2v) is 5.90. The minimum atomic E-state index is 0.667. The van der Waals surface area contributed by atoms with E-state index in [1.807, 2.05) is 0 Å². The third-order valence-electron chi connectivity index (χ3n) is 4.27. The molecular formula is C14H28N2.